The van der Waals surface area contributed by atoms with E-state index in [4.69, 9.17) is 0 Å². The summed E-state index contributed by atoms with van der Waals surface area (Å²) < 4.78 is 4.58. The molecule has 0 saturated heterocycles. The summed E-state index contributed by atoms with van der Waals surface area (Å²) in [5, 5.41) is 0. The van der Waals surface area contributed by atoms with Gasteiger partial charge in [-0.05, 0) is 24.3 Å². The van der Waals surface area contributed by atoms with Crippen molar-refractivity contribution in [3.05, 3.63) is 49.2 Å². The highest BCUT2D eigenvalue weighted by atomic mass is 16.3. The van der Waals surface area contributed by atoms with E-state index in [1.165, 1.54) is 0 Å². The number of H-pyrrole nitrogens is 1. The van der Waals surface area contributed by atoms with Crippen molar-refractivity contribution >= 4 is 11.8 Å². The molecule has 0 unspecified atom stereocenters. The maximum Gasteiger partial charge on any atom is 0.306 e. The zero-order valence-corrected chi connectivity index (χ0v) is 8.50. The van der Waals surface area contributed by atoms with Crippen molar-refractivity contribution in [2.45, 2.75) is 0 Å². The van der Waals surface area contributed by atoms with Crippen LogP contribution in [-0.4, -0.2) is 16.8 Å². The quantitative estimate of drug-likeness (QED) is 0.556. The fraction of sp³-hybridized carbons (Fsp3) is 0. The number of nitrogens with one attached hydrogen (secondary N) is 1. The lowest BCUT2D eigenvalue weighted by Crippen LogP contribution is -2.29. The average molecular weight is 223 g/mol. The van der Waals surface area contributed by atoms with Crippen LogP contribution in [0.25, 0.3) is 0 Å². The SMILES string of the molecule is NC(=O)C(N)=O.c1cc[nH]c1.c1ccoc1. The number of furan rings is 1. The molecule has 16 heavy (non-hydrogen) atoms. The number of aromatic amines is 1. The first kappa shape index (κ1) is 13.5. The number of primary amides is 2. The van der Waals surface area contributed by atoms with Crippen molar-refractivity contribution in [1.29, 1.82) is 0 Å². The Hall–Kier alpha value is -2.50. The minimum atomic E-state index is -1.10. The smallest absolute Gasteiger partial charge is 0.306 e. The van der Waals surface area contributed by atoms with Gasteiger partial charge in [-0.1, -0.05) is 0 Å². The number of carbonyl (C=O) groups is 2. The highest BCUT2D eigenvalue weighted by molar-refractivity contribution is 6.33. The van der Waals surface area contributed by atoms with E-state index in [1.54, 1.807) is 12.5 Å². The lowest BCUT2D eigenvalue weighted by atomic mass is 10.6. The first-order valence-electron chi connectivity index (χ1n) is 4.28. The predicted molar refractivity (Wildman–Crippen MR) is 57.9 cm³/mol. The standard InChI is InChI=1S/C4H5N.C4H4O.C2H4N2O2/c2*1-2-4-5-3-1;3-1(5)2(4)6/h1-5H;1-4H;(H2,3,5)(H2,4,6). The molecule has 0 radical (unpaired) electrons. The molecule has 0 aliphatic carbocycles. The largest absolute Gasteiger partial charge is 0.473 e. The highest BCUT2D eigenvalue weighted by Gasteiger charge is 1.96. The third-order valence-corrected chi connectivity index (χ3v) is 1.16. The van der Waals surface area contributed by atoms with E-state index < -0.39 is 11.8 Å². The fourth-order valence-corrected chi connectivity index (χ4v) is 0.505. The summed E-state index contributed by atoms with van der Waals surface area (Å²) in [5.41, 5.74) is 8.64. The second-order valence-corrected chi connectivity index (χ2v) is 2.41. The summed E-state index contributed by atoms with van der Waals surface area (Å²) in [7, 11) is 0. The molecule has 0 fully saturated rings. The van der Waals surface area contributed by atoms with Gasteiger partial charge in [-0.15, -0.1) is 0 Å². The van der Waals surface area contributed by atoms with Gasteiger partial charge >= 0.3 is 11.8 Å². The van der Waals surface area contributed by atoms with Crippen molar-refractivity contribution in [2.24, 2.45) is 11.5 Å². The van der Waals surface area contributed by atoms with Gasteiger partial charge in [0.25, 0.3) is 0 Å². The van der Waals surface area contributed by atoms with Crippen LogP contribution >= 0.6 is 0 Å². The highest BCUT2D eigenvalue weighted by Crippen LogP contribution is 1.79. The lowest BCUT2D eigenvalue weighted by molar-refractivity contribution is -0.135. The van der Waals surface area contributed by atoms with Gasteiger partial charge in [-0.2, -0.15) is 0 Å². The van der Waals surface area contributed by atoms with Gasteiger partial charge in [0.1, 0.15) is 0 Å². The number of amides is 2. The average Bonchev–Trinajstić information content (AvgIpc) is 2.97. The topological polar surface area (TPSA) is 115 Å². The van der Waals surface area contributed by atoms with E-state index in [9.17, 15) is 9.59 Å². The molecule has 2 heterocycles. The Morgan fingerprint density at radius 1 is 0.875 bits per heavy atom. The zero-order valence-electron chi connectivity index (χ0n) is 8.50. The Morgan fingerprint density at radius 2 is 1.31 bits per heavy atom. The predicted octanol–water partition coefficient (Wildman–Crippen LogP) is 0.251. The Balaban J connectivity index is 0.000000211. The van der Waals surface area contributed by atoms with Crippen molar-refractivity contribution in [3.63, 3.8) is 0 Å². The van der Waals surface area contributed by atoms with Gasteiger partial charge in [0.2, 0.25) is 0 Å². The van der Waals surface area contributed by atoms with Crippen LogP contribution in [0, 0.1) is 0 Å². The normalized spacial score (nSPS) is 7.75. The van der Waals surface area contributed by atoms with Gasteiger partial charge in [0, 0.05) is 12.4 Å². The zero-order chi connectivity index (χ0) is 12.2. The molecule has 5 N–H and O–H groups in total. The van der Waals surface area contributed by atoms with Crippen LogP contribution in [0.3, 0.4) is 0 Å². The molecule has 2 aromatic rings. The molecule has 0 bridgehead atoms. The summed E-state index contributed by atoms with van der Waals surface area (Å²) in [6.07, 6.45) is 7.00. The monoisotopic (exact) mass is 223 g/mol. The second kappa shape index (κ2) is 9.07. The first-order valence-corrected chi connectivity index (χ1v) is 4.28. The molecule has 6 heteroatoms. The first-order chi connectivity index (χ1) is 7.64. The molecule has 0 saturated carbocycles. The maximum absolute atomic E-state index is 9.45. The molecular formula is C10H13N3O3. The van der Waals surface area contributed by atoms with E-state index in [2.05, 4.69) is 20.9 Å². The number of hydrogen-bond donors (Lipinski definition) is 3. The molecule has 0 atom stereocenters. The molecule has 2 rings (SSSR count). The van der Waals surface area contributed by atoms with Crippen molar-refractivity contribution in [1.82, 2.24) is 4.98 Å². The van der Waals surface area contributed by atoms with Gasteiger partial charge in [-0.3, -0.25) is 9.59 Å². The van der Waals surface area contributed by atoms with E-state index in [0.717, 1.165) is 0 Å². The van der Waals surface area contributed by atoms with E-state index in [1.807, 2.05) is 36.7 Å². The van der Waals surface area contributed by atoms with E-state index >= 15 is 0 Å². The summed E-state index contributed by atoms with van der Waals surface area (Å²) in [5.74, 6) is -2.20. The molecule has 2 aromatic heterocycles. The van der Waals surface area contributed by atoms with Crippen molar-refractivity contribution < 1.29 is 14.0 Å². The molecule has 0 spiro atoms. The summed E-state index contributed by atoms with van der Waals surface area (Å²) >= 11 is 0. The molecule has 0 aliphatic rings. The molecule has 2 amide bonds. The Bertz CT molecular complexity index is 295. The Labute approximate surface area is 92.2 Å². The minimum Gasteiger partial charge on any atom is -0.473 e. The van der Waals surface area contributed by atoms with Crippen molar-refractivity contribution in [3.8, 4) is 0 Å². The van der Waals surface area contributed by atoms with Crippen LogP contribution in [0.15, 0.2) is 53.6 Å². The third kappa shape index (κ3) is 9.59. The van der Waals surface area contributed by atoms with E-state index in [0.29, 0.717) is 0 Å². The molecule has 0 aromatic carbocycles. The van der Waals surface area contributed by atoms with E-state index in [-0.39, 0.29) is 0 Å². The minimum absolute atomic E-state index is 1.10. The fourth-order valence-electron chi connectivity index (χ4n) is 0.505. The molecule has 6 nitrogen and oxygen atoms in total. The van der Waals surface area contributed by atoms with Crippen LogP contribution in [0.4, 0.5) is 0 Å². The van der Waals surface area contributed by atoms with Crippen LogP contribution in [0.2, 0.25) is 0 Å². The maximum atomic E-state index is 9.45. The van der Waals surface area contributed by atoms with Gasteiger partial charge < -0.3 is 20.9 Å². The number of rotatable bonds is 0. The molecule has 0 aliphatic heterocycles. The van der Waals surface area contributed by atoms with Crippen LogP contribution in [0.5, 0.6) is 0 Å². The summed E-state index contributed by atoms with van der Waals surface area (Å²) in [6.45, 7) is 0. The summed E-state index contributed by atoms with van der Waals surface area (Å²) in [6, 6.07) is 7.56. The van der Waals surface area contributed by atoms with Gasteiger partial charge in [0.15, 0.2) is 0 Å². The van der Waals surface area contributed by atoms with Gasteiger partial charge in [0.05, 0.1) is 12.5 Å². The van der Waals surface area contributed by atoms with Crippen molar-refractivity contribution in [2.75, 3.05) is 0 Å². The van der Waals surface area contributed by atoms with Crippen LogP contribution in [-0.2, 0) is 9.59 Å². The number of aromatic nitrogens is 1. The van der Waals surface area contributed by atoms with Crippen LogP contribution in [0.1, 0.15) is 0 Å². The Kier molecular flexibility index (Phi) is 7.65. The summed E-state index contributed by atoms with van der Waals surface area (Å²) in [4.78, 5) is 21.8. The number of nitrogens with two attached hydrogens (primary N) is 2. The lowest BCUT2D eigenvalue weighted by Gasteiger charge is -1.75. The van der Waals surface area contributed by atoms with Crippen LogP contribution < -0.4 is 11.5 Å². The number of carbonyl (C=O) groups excluding carboxylic acids is 2. The molecular weight excluding hydrogens is 210 g/mol. The van der Waals surface area contributed by atoms with Gasteiger partial charge in [-0.25, -0.2) is 0 Å². The number of hydrogen-bond acceptors (Lipinski definition) is 3. The second-order valence-electron chi connectivity index (χ2n) is 2.41. The molecule has 86 valence electrons. The third-order valence-electron chi connectivity index (χ3n) is 1.16. The Morgan fingerprint density at radius 3 is 1.44 bits per heavy atom.